The van der Waals surface area contributed by atoms with Crippen molar-refractivity contribution in [3.63, 3.8) is 0 Å². The Morgan fingerprint density at radius 2 is 2.22 bits per heavy atom. The number of aryl methyl sites for hydroxylation is 1. The quantitative estimate of drug-likeness (QED) is 0.404. The Morgan fingerprint density at radius 1 is 1.43 bits per heavy atom. The molecular formula is C26H37FN2O8. The zero-order chi connectivity index (χ0) is 26.8. The molecule has 2 saturated heterocycles. The van der Waals surface area contributed by atoms with Gasteiger partial charge in [-0.05, 0) is 39.0 Å². The number of carbonyl (C=O) groups is 1. The van der Waals surface area contributed by atoms with E-state index in [2.05, 4.69) is 25.4 Å². The molecule has 4 unspecified atom stereocenters. The highest BCUT2D eigenvalue weighted by atomic mass is 19.1. The lowest BCUT2D eigenvalue weighted by Gasteiger charge is -2.39. The first-order valence-electron chi connectivity index (χ1n) is 13.0. The van der Waals surface area contributed by atoms with Gasteiger partial charge in [0.25, 0.3) is 5.56 Å². The van der Waals surface area contributed by atoms with Crippen LogP contribution in [0.15, 0.2) is 28.4 Å². The van der Waals surface area contributed by atoms with E-state index in [0.29, 0.717) is 31.4 Å². The molecule has 1 N–H and O–H groups in total. The van der Waals surface area contributed by atoms with Crippen molar-refractivity contribution >= 4 is 6.16 Å². The molecule has 3 fully saturated rings. The highest BCUT2D eigenvalue weighted by Crippen LogP contribution is 2.46. The maximum absolute atomic E-state index is 14.6. The number of aromatic amines is 1. The summed E-state index contributed by atoms with van der Waals surface area (Å²) in [6.45, 7) is 9.67. The van der Waals surface area contributed by atoms with E-state index in [1.807, 2.05) is 6.08 Å². The standard InChI is InChI=1S/C26H37FN2O8/c1-5-8-17(6-2)25(4)15-34-26(37-25)10-7-9-18(12-26)35-24(32)33-14-20-19(27)11-21(36-20)29-13-16(3)22(30)28-23(29)31/h5,13,17-21H,1,6-12,14-15H2,2-4H3,(H,28,30,31)/t17?,18?,19-,20+,21+,25?,26?/m0/s1. The molecule has 0 amide bonds. The molecule has 37 heavy (non-hydrogen) atoms. The zero-order valence-corrected chi connectivity index (χ0v) is 21.7. The summed E-state index contributed by atoms with van der Waals surface area (Å²) in [4.78, 5) is 38.3. The minimum atomic E-state index is -1.46. The van der Waals surface area contributed by atoms with E-state index in [9.17, 15) is 18.8 Å². The lowest BCUT2D eigenvalue weighted by molar-refractivity contribution is -0.225. The van der Waals surface area contributed by atoms with E-state index in [1.54, 1.807) is 0 Å². The van der Waals surface area contributed by atoms with Gasteiger partial charge in [-0.1, -0.05) is 19.4 Å². The smallest absolute Gasteiger partial charge is 0.431 e. The second-order valence-electron chi connectivity index (χ2n) is 10.5. The van der Waals surface area contributed by atoms with Crippen LogP contribution in [0.2, 0.25) is 0 Å². The first-order chi connectivity index (χ1) is 17.6. The monoisotopic (exact) mass is 524 g/mol. The molecule has 3 heterocycles. The predicted molar refractivity (Wildman–Crippen MR) is 131 cm³/mol. The molecule has 0 radical (unpaired) electrons. The van der Waals surface area contributed by atoms with Crippen LogP contribution in [0, 0.1) is 12.8 Å². The fourth-order valence-electron chi connectivity index (χ4n) is 5.61. The summed E-state index contributed by atoms with van der Waals surface area (Å²) in [5, 5.41) is 0. The van der Waals surface area contributed by atoms with Crippen molar-refractivity contribution in [2.45, 2.75) is 102 Å². The second kappa shape index (κ2) is 11.1. The third-order valence-corrected chi connectivity index (χ3v) is 7.72. The number of nitrogens with zero attached hydrogens (tertiary/aromatic N) is 1. The number of alkyl halides is 1. The normalized spacial score (nSPS) is 34.4. The lowest BCUT2D eigenvalue weighted by Crippen LogP contribution is -2.44. The van der Waals surface area contributed by atoms with Crippen molar-refractivity contribution in [1.29, 1.82) is 0 Å². The van der Waals surface area contributed by atoms with Gasteiger partial charge in [0.2, 0.25) is 0 Å². The van der Waals surface area contributed by atoms with Crippen LogP contribution in [0.25, 0.3) is 0 Å². The molecule has 1 aliphatic carbocycles. The number of halogens is 1. The van der Waals surface area contributed by atoms with Gasteiger partial charge in [-0.15, -0.1) is 6.58 Å². The molecule has 1 aromatic rings. The van der Waals surface area contributed by atoms with Crippen molar-refractivity contribution in [2.24, 2.45) is 5.92 Å². The van der Waals surface area contributed by atoms with Gasteiger partial charge < -0.3 is 23.7 Å². The first kappa shape index (κ1) is 27.5. The molecule has 0 aromatic carbocycles. The Balaban J connectivity index is 1.29. The van der Waals surface area contributed by atoms with Gasteiger partial charge >= 0.3 is 11.8 Å². The van der Waals surface area contributed by atoms with Crippen LogP contribution in [0.5, 0.6) is 0 Å². The number of H-pyrrole nitrogens is 1. The number of aromatic nitrogens is 2. The van der Waals surface area contributed by atoms with Crippen molar-refractivity contribution < 1.29 is 32.9 Å². The van der Waals surface area contributed by atoms with Gasteiger partial charge in [0.05, 0.1) is 12.2 Å². The second-order valence-corrected chi connectivity index (χ2v) is 10.5. The molecule has 1 spiro atoms. The highest BCUT2D eigenvalue weighted by molar-refractivity contribution is 5.60. The van der Waals surface area contributed by atoms with Gasteiger partial charge in [-0.3, -0.25) is 14.3 Å². The van der Waals surface area contributed by atoms with E-state index < -0.39 is 53.4 Å². The van der Waals surface area contributed by atoms with Crippen LogP contribution in [-0.2, 0) is 23.7 Å². The molecule has 7 atom stereocenters. The van der Waals surface area contributed by atoms with Gasteiger partial charge in [-0.2, -0.15) is 0 Å². The maximum atomic E-state index is 14.6. The van der Waals surface area contributed by atoms with Crippen LogP contribution in [-0.4, -0.2) is 58.7 Å². The van der Waals surface area contributed by atoms with Gasteiger partial charge in [0, 0.05) is 31.0 Å². The maximum Gasteiger partial charge on any atom is 0.508 e. The average Bonchev–Trinajstić information content (AvgIpc) is 3.38. The number of hydrogen-bond acceptors (Lipinski definition) is 8. The van der Waals surface area contributed by atoms with Crippen LogP contribution in [0.3, 0.4) is 0 Å². The first-order valence-corrected chi connectivity index (χ1v) is 13.0. The highest BCUT2D eigenvalue weighted by Gasteiger charge is 2.53. The zero-order valence-electron chi connectivity index (χ0n) is 21.7. The molecule has 2 aliphatic heterocycles. The van der Waals surface area contributed by atoms with Crippen molar-refractivity contribution in [3.8, 4) is 0 Å². The summed E-state index contributed by atoms with van der Waals surface area (Å²) in [6, 6.07) is 0. The molecule has 3 aliphatic rings. The van der Waals surface area contributed by atoms with E-state index in [0.717, 1.165) is 23.8 Å². The van der Waals surface area contributed by atoms with Crippen LogP contribution >= 0.6 is 0 Å². The number of hydrogen-bond donors (Lipinski definition) is 1. The minimum absolute atomic E-state index is 0.113. The number of ether oxygens (including phenoxy) is 5. The SMILES string of the molecule is C=CCC(CC)C1(C)COC2(CCCC(OC(=O)OC[C@H]3O[C@@H](n4cc(C)c(=O)[nH]c4=O)C[C@@H]3F)C2)O1. The molecule has 10 nitrogen and oxygen atoms in total. The van der Waals surface area contributed by atoms with Gasteiger partial charge in [0.15, 0.2) is 5.79 Å². The van der Waals surface area contributed by atoms with Gasteiger partial charge in [0.1, 0.15) is 31.2 Å². The number of rotatable bonds is 8. The molecule has 1 saturated carbocycles. The molecule has 0 bridgehead atoms. The fourth-order valence-corrected chi connectivity index (χ4v) is 5.61. The van der Waals surface area contributed by atoms with Crippen LogP contribution < -0.4 is 11.2 Å². The van der Waals surface area contributed by atoms with E-state index in [4.69, 9.17) is 23.7 Å². The largest absolute Gasteiger partial charge is 0.508 e. The van der Waals surface area contributed by atoms with Crippen LogP contribution in [0.1, 0.15) is 70.6 Å². The Bertz CT molecular complexity index is 1100. The Labute approximate surface area is 215 Å². The number of nitrogens with one attached hydrogen (secondary N) is 1. The molecule has 11 heteroatoms. The van der Waals surface area contributed by atoms with Crippen molar-refractivity contribution in [2.75, 3.05) is 13.2 Å². The Kier molecular flexibility index (Phi) is 8.25. The number of carbonyl (C=O) groups excluding carboxylic acids is 1. The lowest BCUT2D eigenvalue weighted by atomic mass is 9.84. The third kappa shape index (κ3) is 5.99. The van der Waals surface area contributed by atoms with Crippen molar-refractivity contribution in [1.82, 2.24) is 9.55 Å². The minimum Gasteiger partial charge on any atom is -0.431 e. The van der Waals surface area contributed by atoms with E-state index >= 15 is 0 Å². The summed E-state index contributed by atoms with van der Waals surface area (Å²) in [5.41, 5.74) is -1.34. The number of allylic oxidation sites excluding steroid dienone is 1. The Morgan fingerprint density at radius 3 is 2.95 bits per heavy atom. The van der Waals surface area contributed by atoms with E-state index in [-0.39, 0.29) is 18.9 Å². The third-order valence-electron chi connectivity index (χ3n) is 7.72. The summed E-state index contributed by atoms with van der Waals surface area (Å²) >= 11 is 0. The fraction of sp³-hybridized carbons (Fsp3) is 0.731. The predicted octanol–water partition coefficient (Wildman–Crippen LogP) is 3.67. The summed E-state index contributed by atoms with van der Waals surface area (Å²) < 4.78 is 44.7. The molecule has 206 valence electrons. The van der Waals surface area contributed by atoms with Crippen LogP contribution in [0.4, 0.5) is 9.18 Å². The average molecular weight is 525 g/mol. The van der Waals surface area contributed by atoms with Gasteiger partial charge in [-0.25, -0.2) is 14.0 Å². The molecular weight excluding hydrogens is 487 g/mol. The van der Waals surface area contributed by atoms with Crippen molar-refractivity contribution in [3.05, 3.63) is 45.3 Å². The summed E-state index contributed by atoms with van der Waals surface area (Å²) in [5.74, 6) is -0.532. The summed E-state index contributed by atoms with van der Waals surface area (Å²) in [7, 11) is 0. The summed E-state index contributed by atoms with van der Waals surface area (Å²) in [6.07, 6.45) is 2.57. The van der Waals surface area contributed by atoms with E-state index in [1.165, 1.54) is 13.1 Å². The molecule has 4 rings (SSSR count). The Hall–Kier alpha value is -2.50. The molecule has 1 aromatic heterocycles. The topological polar surface area (TPSA) is 118 Å².